The highest BCUT2D eigenvalue weighted by Crippen LogP contribution is 2.29. The molecule has 2 amide bonds. The molecule has 0 radical (unpaired) electrons. The van der Waals surface area contributed by atoms with Crippen molar-refractivity contribution in [3.8, 4) is 0 Å². The van der Waals surface area contributed by atoms with Crippen LogP contribution in [0, 0.1) is 0 Å². The van der Waals surface area contributed by atoms with E-state index in [0.717, 1.165) is 38.7 Å². The third kappa shape index (κ3) is 9.43. The fourth-order valence-electron chi connectivity index (χ4n) is 5.80. The molecule has 8 aromatic rings. The topological polar surface area (TPSA) is 134 Å². The summed E-state index contributed by atoms with van der Waals surface area (Å²) in [5.74, 6) is 0.797. The number of nitrogens with one attached hydrogen (secondary N) is 4. The van der Waals surface area contributed by atoms with Crippen LogP contribution in [-0.2, 0) is 13.1 Å². The zero-order chi connectivity index (χ0) is 38.7. The van der Waals surface area contributed by atoms with Crippen molar-refractivity contribution < 1.29 is 9.59 Å². The molecule has 2 aromatic heterocycles. The molecule has 0 atom stereocenters. The van der Waals surface area contributed by atoms with Crippen molar-refractivity contribution in [1.29, 1.82) is 0 Å². The maximum Gasteiger partial charge on any atom is 0.255 e. The lowest BCUT2D eigenvalue weighted by Gasteiger charge is -2.11. The first kappa shape index (κ1) is 37.4. The maximum absolute atomic E-state index is 12.6. The largest absolute Gasteiger partial charge is 0.364 e. The Kier molecular flexibility index (Phi) is 12.0. The molecule has 10 nitrogen and oxygen atoms in total. The van der Waals surface area contributed by atoms with Crippen LogP contribution in [0.3, 0.4) is 0 Å². The summed E-state index contributed by atoms with van der Waals surface area (Å²) in [7, 11) is 0. The van der Waals surface area contributed by atoms with E-state index in [1.54, 1.807) is 30.3 Å². The molecular weight excluding hydrogens is 743 g/mol. The Balaban J connectivity index is 0.000000172. The average Bonchev–Trinajstić information content (AvgIpc) is 3.25. The van der Waals surface area contributed by atoms with Gasteiger partial charge in [0.05, 0.1) is 0 Å². The second-order valence-electron chi connectivity index (χ2n) is 12.5. The van der Waals surface area contributed by atoms with E-state index in [9.17, 15) is 9.59 Å². The number of benzene rings is 6. The van der Waals surface area contributed by atoms with Gasteiger partial charge in [-0.2, -0.15) is 0 Å². The van der Waals surface area contributed by atoms with Crippen molar-refractivity contribution in [2.75, 3.05) is 21.3 Å². The lowest BCUT2D eigenvalue weighted by atomic mass is 10.1. The summed E-state index contributed by atoms with van der Waals surface area (Å²) in [4.78, 5) is 25.2. The van der Waals surface area contributed by atoms with E-state index >= 15 is 0 Å². The molecule has 0 unspecified atom stereocenters. The summed E-state index contributed by atoms with van der Waals surface area (Å²) in [6.45, 7) is 1.20. The highest BCUT2D eigenvalue weighted by atomic mass is 35.5. The second-order valence-corrected chi connectivity index (χ2v) is 13.2. The van der Waals surface area contributed by atoms with Crippen molar-refractivity contribution in [1.82, 2.24) is 20.4 Å². The second kappa shape index (κ2) is 18.0. The summed E-state index contributed by atoms with van der Waals surface area (Å²) in [6, 6.07) is 49.3. The summed E-state index contributed by atoms with van der Waals surface area (Å²) in [5, 5.41) is 32.2. The van der Waals surface area contributed by atoms with E-state index in [-0.39, 0.29) is 17.0 Å². The predicted molar refractivity (Wildman–Crippen MR) is 225 cm³/mol. The Morgan fingerprint density at radius 1 is 0.429 bits per heavy atom. The highest BCUT2D eigenvalue weighted by molar-refractivity contribution is 6.35. The number of nitrogens with zero attached hydrogens (tertiary/aromatic N) is 4. The molecule has 56 heavy (non-hydrogen) atoms. The van der Waals surface area contributed by atoms with Crippen LogP contribution in [0.5, 0.6) is 0 Å². The van der Waals surface area contributed by atoms with Crippen LogP contribution in [-0.4, -0.2) is 32.2 Å². The number of carbonyl (C=O) groups excluding carboxylic acids is 2. The SMILES string of the molecule is O=C(Nc1ccccc1)c1ccc2c(Cl)nnc(NCc3ccccc3)c2c1.O=C(Nc1ccccc1)c1ccc2c(NCc3ccccc3)nnc(Cl)c2c1. The van der Waals surface area contributed by atoms with Crippen LogP contribution in [0.15, 0.2) is 158 Å². The van der Waals surface area contributed by atoms with Gasteiger partial charge in [0.1, 0.15) is 0 Å². The summed E-state index contributed by atoms with van der Waals surface area (Å²) < 4.78 is 0. The van der Waals surface area contributed by atoms with Crippen LogP contribution in [0.1, 0.15) is 31.8 Å². The Bertz CT molecular complexity index is 2600. The highest BCUT2D eigenvalue weighted by Gasteiger charge is 2.14. The Labute approximate surface area is 332 Å². The van der Waals surface area contributed by atoms with E-state index in [0.29, 0.717) is 46.4 Å². The lowest BCUT2D eigenvalue weighted by molar-refractivity contribution is 0.101. The molecule has 0 aliphatic carbocycles. The Hall–Kier alpha value is -6.88. The quantitative estimate of drug-likeness (QED) is 0.108. The van der Waals surface area contributed by atoms with Gasteiger partial charge in [-0.15, -0.1) is 20.4 Å². The minimum Gasteiger partial charge on any atom is -0.364 e. The molecule has 0 aliphatic heterocycles. The molecule has 0 fully saturated rings. The monoisotopic (exact) mass is 776 g/mol. The Morgan fingerprint density at radius 2 is 0.821 bits per heavy atom. The van der Waals surface area contributed by atoms with E-state index < -0.39 is 0 Å². The van der Waals surface area contributed by atoms with Crippen LogP contribution < -0.4 is 21.3 Å². The van der Waals surface area contributed by atoms with Crippen LogP contribution in [0.2, 0.25) is 10.3 Å². The van der Waals surface area contributed by atoms with Crippen LogP contribution >= 0.6 is 23.2 Å². The zero-order valence-electron chi connectivity index (χ0n) is 29.8. The molecule has 4 N–H and O–H groups in total. The first-order valence-corrected chi connectivity index (χ1v) is 18.4. The summed E-state index contributed by atoms with van der Waals surface area (Å²) in [6.07, 6.45) is 0. The standard InChI is InChI=1S/2C22H17ClN4O/c23-20-19-13-16(22(28)25-17-9-5-2-6-10-17)11-12-18(19)21(27-26-20)24-14-15-7-3-1-4-8-15;23-20-18-12-11-16(22(28)25-17-9-5-2-6-10-17)13-19(18)21(27-26-20)24-14-15-7-3-1-4-8-15/h2*1-13H,14H2,(H,24,27)(H,25,28). The van der Waals surface area contributed by atoms with Gasteiger partial charge in [0.15, 0.2) is 21.9 Å². The zero-order valence-corrected chi connectivity index (χ0v) is 31.3. The minimum atomic E-state index is -0.209. The number of carbonyl (C=O) groups is 2. The van der Waals surface area contributed by atoms with Crippen molar-refractivity contribution in [2.45, 2.75) is 13.1 Å². The number of fused-ring (bicyclic) bond motifs is 2. The van der Waals surface area contributed by atoms with Crippen molar-refractivity contribution in [2.24, 2.45) is 0 Å². The Morgan fingerprint density at radius 3 is 1.30 bits per heavy atom. The molecule has 8 rings (SSSR count). The van der Waals surface area contributed by atoms with Gasteiger partial charge in [-0.25, -0.2) is 0 Å². The van der Waals surface area contributed by atoms with Gasteiger partial charge >= 0.3 is 0 Å². The third-order valence-electron chi connectivity index (χ3n) is 8.66. The molecule has 0 spiro atoms. The van der Waals surface area contributed by atoms with Crippen molar-refractivity contribution >= 4 is 79.6 Å². The number of anilines is 4. The molecule has 0 bridgehead atoms. The maximum atomic E-state index is 12.6. The van der Waals surface area contributed by atoms with E-state index in [4.69, 9.17) is 23.2 Å². The molecule has 276 valence electrons. The van der Waals surface area contributed by atoms with Gasteiger partial charge in [0, 0.05) is 57.1 Å². The van der Waals surface area contributed by atoms with Crippen molar-refractivity contribution in [3.63, 3.8) is 0 Å². The van der Waals surface area contributed by atoms with Gasteiger partial charge < -0.3 is 21.3 Å². The minimum absolute atomic E-state index is 0.199. The molecule has 0 aliphatic rings. The molecule has 6 aromatic carbocycles. The normalized spacial score (nSPS) is 10.6. The number of para-hydroxylation sites is 2. The fraction of sp³-hybridized carbons (Fsp3) is 0.0455. The molecule has 0 saturated carbocycles. The summed E-state index contributed by atoms with van der Waals surface area (Å²) >= 11 is 12.5. The van der Waals surface area contributed by atoms with Gasteiger partial charge in [0.2, 0.25) is 0 Å². The molecule has 12 heteroatoms. The van der Waals surface area contributed by atoms with Gasteiger partial charge in [-0.05, 0) is 65.7 Å². The number of rotatable bonds is 10. The molecule has 2 heterocycles. The predicted octanol–water partition coefficient (Wildman–Crippen LogP) is 10.3. The average molecular weight is 778 g/mol. The van der Waals surface area contributed by atoms with E-state index in [2.05, 4.69) is 41.7 Å². The first-order valence-electron chi connectivity index (χ1n) is 17.6. The number of hydrogen-bond donors (Lipinski definition) is 4. The van der Waals surface area contributed by atoms with Crippen LogP contribution in [0.4, 0.5) is 23.0 Å². The van der Waals surface area contributed by atoms with Gasteiger partial charge in [0.25, 0.3) is 11.8 Å². The van der Waals surface area contributed by atoms with Gasteiger partial charge in [-0.1, -0.05) is 126 Å². The van der Waals surface area contributed by atoms with Gasteiger partial charge in [-0.3, -0.25) is 9.59 Å². The number of amides is 2. The molecular formula is C44H34Cl2N8O2. The number of halogens is 2. The number of hydrogen-bond acceptors (Lipinski definition) is 8. The number of aromatic nitrogens is 4. The van der Waals surface area contributed by atoms with E-state index in [1.807, 2.05) is 127 Å². The first-order chi connectivity index (χ1) is 27.4. The summed E-state index contributed by atoms with van der Waals surface area (Å²) in [5.41, 5.74) is 4.73. The third-order valence-corrected chi connectivity index (χ3v) is 9.22. The fourth-order valence-corrected chi connectivity index (χ4v) is 6.20. The molecule has 0 saturated heterocycles. The van der Waals surface area contributed by atoms with Crippen LogP contribution in [0.25, 0.3) is 21.5 Å². The lowest BCUT2D eigenvalue weighted by Crippen LogP contribution is -2.12. The smallest absolute Gasteiger partial charge is 0.255 e. The van der Waals surface area contributed by atoms with E-state index in [1.165, 1.54) is 0 Å². The van der Waals surface area contributed by atoms with Crippen molar-refractivity contribution in [3.05, 3.63) is 190 Å².